The Kier molecular flexibility index (Phi) is 5.33. The first-order valence-corrected chi connectivity index (χ1v) is 5.61. The van der Waals surface area contributed by atoms with Crippen LogP contribution in [0, 0.1) is 0 Å². The largest absolute Gasteiger partial charge is 0.381 e. The molecule has 76 valence electrons. The second-order valence-corrected chi connectivity index (χ2v) is 3.90. The summed E-state index contributed by atoms with van der Waals surface area (Å²) in [5, 5.41) is 0. The van der Waals surface area contributed by atoms with Crippen molar-refractivity contribution < 1.29 is 9.53 Å². The SMILES string of the molecule is CCOCCSc1ccc(C=O)cc1. The second kappa shape index (κ2) is 6.62. The number of ether oxygens (including phenoxy) is 1. The molecule has 1 aromatic rings. The maximum Gasteiger partial charge on any atom is 0.150 e. The van der Waals surface area contributed by atoms with Crippen LogP contribution in [0.25, 0.3) is 0 Å². The first-order chi connectivity index (χ1) is 6.86. The predicted molar refractivity (Wildman–Crippen MR) is 59.0 cm³/mol. The van der Waals surface area contributed by atoms with Crippen molar-refractivity contribution in [3.63, 3.8) is 0 Å². The van der Waals surface area contributed by atoms with Crippen molar-refractivity contribution in [2.45, 2.75) is 11.8 Å². The van der Waals surface area contributed by atoms with E-state index in [1.54, 1.807) is 11.8 Å². The summed E-state index contributed by atoms with van der Waals surface area (Å²) in [4.78, 5) is 11.6. The van der Waals surface area contributed by atoms with E-state index in [-0.39, 0.29) is 0 Å². The van der Waals surface area contributed by atoms with Crippen LogP contribution < -0.4 is 0 Å². The fraction of sp³-hybridized carbons (Fsp3) is 0.364. The predicted octanol–water partition coefficient (Wildman–Crippen LogP) is 2.63. The lowest BCUT2D eigenvalue weighted by atomic mass is 10.2. The minimum absolute atomic E-state index is 0.721. The molecule has 2 nitrogen and oxygen atoms in total. The van der Waals surface area contributed by atoms with Gasteiger partial charge in [0.1, 0.15) is 6.29 Å². The Balaban J connectivity index is 2.32. The number of benzene rings is 1. The fourth-order valence-electron chi connectivity index (χ4n) is 1.01. The number of carbonyl (C=O) groups excluding carboxylic acids is 1. The van der Waals surface area contributed by atoms with Gasteiger partial charge in [-0.2, -0.15) is 0 Å². The third-order valence-corrected chi connectivity index (χ3v) is 2.69. The highest BCUT2D eigenvalue weighted by Gasteiger charge is 1.94. The molecule has 0 saturated heterocycles. The van der Waals surface area contributed by atoms with Crippen LogP contribution in [0.2, 0.25) is 0 Å². The number of rotatable bonds is 6. The summed E-state index contributed by atoms with van der Waals surface area (Å²) in [6.45, 7) is 3.53. The molecule has 3 heteroatoms. The normalized spacial score (nSPS) is 10.1. The summed E-state index contributed by atoms with van der Waals surface area (Å²) in [5.41, 5.74) is 0.721. The van der Waals surface area contributed by atoms with Crippen LogP contribution in [0.15, 0.2) is 29.2 Å². The molecule has 0 amide bonds. The van der Waals surface area contributed by atoms with Gasteiger partial charge in [0.05, 0.1) is 6.61 Å². The van der Waals surface area contributed by atoms with Crippen molar-refractivity contribution in [3.05, 3.63) is 29.8 Å². The Morgan fingerprint density at radius 1 is 1.36 bits per heavy atom. The van der Waals surface area contributed by atoms with Gasteiger partial charge in [0.15, 0.2) is 0 Å². The molecule has 1 aromatic carbocycles. The van der Waals surface area contributed by atoms with E-state index in [0.717, 1.165) is 30.8 Å². The molecule has 0 N–H and O–H groups in total. The maximum atomic E-state index is 10.4. The van der Waals surface area contributed by atoms with Gasteiger partial charge in [-0.25, -0.2) is 0 Å². The Labute approximate surface area is 88.7 Å². The van der Waals surface area contributed by atoms with Gasteiger partial charge >= 0.3 is 0 Å². The zero-order valence-electron chi connectivity index (χ0n) is 8.23. The standard InChI is InChI=1S/C11H14O2S/c1-2-13-7-8-14-11-5-3-10(9-12)4-6-11/h3-6,9H,2,7-8H2,1H3. The molecule has 1 rings (SSSR count). The van der Waals surface area contributed by atoms with Gasteiger partial charge in [-0.1, -0.05) is 12.1 Å². The molecule has 0 spiro atoms. The molecule has 14 heavy (non-hydrogen) atoms. The summed E-state index contributed by atoms with van der Waals surface area (Å²) in [6, 6.07) is 7.58. The lowest BCUT2D eigenvalue weighted by Gasteiger charge is -2.01. The van der Waals surface area contributed by atoms with E-state index < -0.39 is 0 Å². The lowest BCUT2D eigenvalue weighted by molar-refractivity contribution is 0.112. The summed E-state index contributed by atoms with van der Waals surface area (Å²) >= 11 is 1.74. The molecular weight excluding hydrogens is 196 g/mol. The smallest absolute Gasteiger partial charge is 0.150 e. The van der Waals surface area contributed by atoms with Crippen LogP contribution in [0.4, 0.5) is 0 Å². The Hall–Kier alpha value is -0.800. The van der Waals surface area contributed by atoms with Crippen molar-refractivity contribution in [2.24, 2.45) is 0 Å². The third-order valence-electron chi connectivity index (χ3n) is 1.72. The second-order valence-electron chi connectivity index (χ2n) is 2.73. The van der Waals surface area contributed by atoms with Crippen molar-refractivity contribution in [3.8, 4) is 0 Å². The molecule has 0 saturated carbocycles. The number of thioether (sulfide) groups is 1. The lowest BCUT2D eigenvalue weighted by Crippen LogP contribution is -1.95. The van der Waals surface area contributed by atoms with E-state index in [2.05, 4.69) is 0 Å². The zero-order valence-corrected chi connectivity index (χ0v) is 9.05. The Bertz CT molecular complexity index is 269. The quantitative estimate of drug-likeness (QED) is 0.410. The van der Waals surface area contributed by atoms with Gasteiger partial charge in [-0.3, -0.25) is 4.79 Å². The highest BCUT2D eigenvalue weighted by Crippen LogP contribution is 2.17. The molecule has 0 fully saturated rings. The molecular formula is C11H14O2S. The van der Waals surface area contributed by atoms with E-state index >= 15 is 0 Å². The van der Waals surface area contributed by atoms with Crippen LogP contribution in [0.1, 0.15) is 17.3 Å². The first kappa shape index (κ1) is 11.3. The summed E-state index contributed by atoms with van der Waals surface area (Å²) in [6.07, 6.45) is 0.856. The highest BCUT2D eigenvalue weighted by molar-refractivity contribution is 7.99. The molecule has 0 atom stereocenters. The molecule has 0 bridgehead atoms. The zero-order chi connectivity index (χ0) is 10.2. The highest BCUT2D eigenvalue weighted by atomic mass is 32.2. The number of hydrogen-bond donors (Lipinski definition) is 0. The molecule has 0 radical (unpaired) electrons. The monoisotopic (exact) mass is 210 g/mol. The Morgan fingerprint density at radius 3 is 2.64 bits per heavy atom. The van der Waals surface area contributed by atoms with Gasteiger partial charge in [-0.05, 0) is 19.1 Å². The van der Waals surface area contributed by atoms with E-state index in [0.29, 0.717) is 0 Å². The van der Waals surface area contributed by atoms with Crippen LogP contribution in [0.5, 0.6) is 0 Å². The maximum absolute atomic E-state index is 10.4. The van der Waals surface area contributed by atoms with Gasteiger partial charge in [0.2, 0.25) is 0 Å². The summed E-state index contributed by atoms with van der Waals surface area (Å²) in [5.74, 6) is 0.953. The summed E-state index contributed by atoms with van der Waals surface area (Å²) in [7, 11) is 0. The number of aldehydes is 1. The molecule has 0 heterocycles. The van der Waals surface area contributed by atoms with Crippen molar-refractivity contribution in [1.82, 2.24) is 0 Å². The van der Waals surface area contributed by atoms with Crippen molar-refractivity contribution >= 4 is 18.0 Å². The molecule has 0 unspecified atom stereocenters. The molecule has 0 aromatic heterocycles. The van der Waals surface area contributed by atoms with Crippen LogP contribution in [-0.4, -0.2) is 25.3 Å². The van der Waals surface area contributed by atoms with Gasteiger partial charge in [0.25, 0.3) is 0 Å². The van der Waals surface area contributed by atoms with Crippen molar-refractivity contribution in [1.29, 1.82) is 0 Å². The van der Waals surface area contributed by atoms with Crippen LogP contribution >= 0.6 is 11.8 Å². The number of hydrogen-bond acceptors (Lipinski definition) is 3. The average Bonchev–Trinajstić information content (AvgIpc) is 2.25. The van der Waals surface area contributed by atoms with Crippen molar-refractivity contribution in [2.75, 3.05) is 19.0 Å². The Morgan fingerprint density at radius 2 is 2.07 bits per heavy atom. The van der Waals surface area contributed by atoms with E-state index in [1.165, 1.54) is 4.90 Å². The van der Waals surface area contributed by atoms with Gasteiger partial charge in [-0.15, -0.1) is 11.8 Å². The third kappa shape index (κ3) is 3.94. The first-order valence-electron chi connectivity index (χ1n) is 4.62. The minimum atomic E-state index is 0.721. The molecule has 0 aliphatic carbocycles. The van der Waals surface area contributed by atoms with E-state index in [4.69, 9.17) is 4.74 Å². The van der Waals surface area contributed by atoms with Crippen LogP contribution in [-0.2, 0) is 4.74 Å². The fourth-order valence-corrected chi connectivity index (χ4v) is 1.77. The number of carbonyl (C=O) groups is 1. The topological polar surface area (TPSA) is 26.3 Å². The average molecular weight is 210 g/mol. The van der Waals surface area contributed by atoms with Crippen LogP contribution in [0.3, 0.4) is 0 Å². The minimum Gasteiger partial charge on any atom is -0.381 e. The summed E-state index contributed by atoms with van der Waals surface area (Å²) < 4.78 is 5.22. The van der Waals surface area contributed by atoms with Gasteiger partial charge < -0.3 is 4.74 Å². The molecule has 0 aliphatic rings. The van der Waals surface area contributed by atoms with E-state index in [9.17, 15) is 4.79 Å². The van der Waals surface area contributed by atoms with E-state index in [1.807, 2.05) is 31.2 Å². The molecule has 0 aliphatic heterocycles. The van der Waals surface area contributed by atoms with Gasteiger partial charge in [0, 0.05) is 22.8 Å².